The second-order valence-corrected chi connectivity index (χ2v) is 9.30. The number of unbranched alkanes of at least 4 members (excludes halogenated alkanes) is 1. The van der Waals surface area contributed by atoms with Crippen molar-refractivity contribution in [2.45, 2.75) is 97.0 Å². The van der Waals surface area contributed by atoms with Crippen LogP contribution in [0.15, 0.2) is 36.4 Å². The Labute approximate surface area is 174 Å². The maximum Gasteiger partial charge on any atom is 0.0716 e. The highest BCUT2D eigenvalue weighted by Crippen LogP contribution is 2.44. The lowest BCUT2D eigenvalue weighted by atomic mass is 9.68. The van der Waals surface area contributed by atoms with Gasteiger partial charge in [-0.15, -0.1) is 0 Å². The molecule has 0 heterocycles. The van der Waals surface area contributed by atoms with Gasteiger partial charge in [-0.2, -0.15) is 0 Å². The summed E-state index contributed by atoms with van der Waals surface area (Å²) in [5.74, 6) is 3.67. The molecule has 0 unspecified atom stereocenters. The Kier molecular flexibility index (Phi) is 9.12. The third kappa shape index (κ3) is 6.48. The number of benzene rings is 1. The van der Waals surface area contributed by atoms with Crippen molar-refractivity contribution in [2.24, 2.45) is 17.8 Å². The maximum absolute atomic E-state index is 5.67. The Balaban J connectivity index is 1.40. The summed E-state index contributed by atoms with van der Waals surface area (Å²) in [7, 11) is 0. The number of hydrogen-bond acceptors (Lipinski definition) is 1. The fourth-order valence-electron chi connectivity index (χ4n) is 5.41. The zero-order valence-corrected chi connectivity index (χ0v) is 18.4. The highest BCUT2D eigenvalue weighted by atomic mass is 16.5. The number of ether oxygens (including phenoxy) is 1. The summed E-state index contributed by atoms with van der Waals surface area (Å²) in [6.07, 6.45) is 20.1. The third-order valence-electron chi connectivity index (χ3n) is 7.19. The molecular formula is C27H42O. The number of rotatable bonds is 9. The Morgan fingerprint density at radius 1 is 0.821 bits per heavy atom. The van der Waals surface area contributed by atoms with Crippen LogP contribution in [-0.4, -0.2) is 6.61 Å². The van der Waals surface area contributed by atoms with E-state index in [1.165, 1.54) is 69.8 Å². The Morgan fingerprint density at radius 2 is 1.46 bits per heavy atom. The summed E-state index contributed by atoms with van der Waals surface area (Å²) in [6.45, 7) is 6.06. The van der Waals surface area contributed by atoms with Crippen molar-refractivity contribution >= 4 is 0 Å². The molecule has 156 valence electrons. The SMILES string of the molecule is CCCC=CC1CCC(C2CCC(c3ccc(COCCC)cc3)CC2)CC1. The highest BCUT2D eigenvalue weighted by Gasteiger charge is 2.30. The van der Waals surface area contributed by atoms with E-state index in [1.54, 1.807) is 5.56 Å². The summed E-state index contributed by atoms with van der Waals surface area (Å²) < 4.78 is 5.67. The zero-order valence-electron chi connectivity index (χ0n) is 18.4. The van der Waals surface area contributed by atoms with Gasteiger partial charge in [-0.1, -0.05) is 56.7 Å². The van der Waals surface area contributed by atoms with E-state index in [4.69, 9.17) is 4.74 Å². The predicted octanol–water partition coefficient (Wildman–Crippen LogP) is 8.05. The van der Waals surface area contributed by atoms with Gasteiger partial charge in [0.25, 0.3) is 0 Å². The van der Waals surface area contributed by atoms with E-state index in [0.717, 1.165) is 43.3 Å². The molecule has 3 rings (SSSR count). The van der Waals surface area contributed by atoms with Crippen LogP contribution in [0.3, 0.4) is 0 Å². The molecule has 0 bridgehead atoms. The Bertz CT molecular complexity index is 556. The van der Waals surface area contributed by atoms with E-state index in [9.17, 15) is 0 Å². The van der Waals surface area contributed by atoms with E-state index >= 15 is 0 Å². The first-order valence-electron chi connectivity index (χ1n) is 12.1. The second kappa shape index (κ2) is 11.8. The van der Waals surface area contributed by atoms with E-state index in [-0.39, 0.29) is 0 Å². The fourth-order valence-corrected chi connectivity index (χ4v) is 5.41. The summed E-state index contributed by atoms with van der Waals surface area (Å²) in [6, 6.07) is 9.29. The number of hydrogen-bond donors (Lipinski definition) is 0. The summed E-state index contributed by atoms with van der Waals surface area (Å²) >= 11 is 0. The average Bonchev–Trinajstić information content (AvgIpc) is 2.75. The molecule has 0 aromatic heterocycles. The van der Waals surface area contributed by atoms with Crippen LogP contribution >= 0.6 is 0 Å². The standard InChI is InChI=1S/C27H42O/c1-3-5-6-7-22-8-12-24(13-9-22)26-16-18-27(19-17-26)25-14-10-23(11-15-25)21-28-20-4-2/h6-7,10-11,14-15,22,24,26-27H,3-5,8-9,12-13,16-21H2,1-2H3. The minimum Gasteiger partial charge on any atom is -0.377 e. The van der Waals surface area contributed by atoms with Crippen LogP contribution in [0.25, 0.3) is 0 Å². The van der Waals surface area contributed by atoms with Crippen molar-refractivity contribution in [1.82, 2.24) is 0 Å². The Hall–Kier alpha value is -1.08. The van der Waals surface area contributed by atoms with Gasteiger partial charge in [-0.3, -0.25) is 0 Å². The van der Waals surface area contributed by atoms with Crippen LogP contribution in [0.5, 0.6) is 0 Å². The van der Waals surface area contributed by atoms with Gasteiger partial charge in [-0.05, 0) is 99.0 Å². The second-order valence-electron chi connectivity index (χ2n) is 9.30. The summed E-state index contributed by atoms with van der Waals surface area (Å²) in [5.41, 5.74) is 2.87. The van der Waals surface area contributed by atoms with E-state index in [1.807, 2.05) is 0 Å². The van der Waals surface area contributed by atoms with Crippen LogP contribution in [0, 0.1) is 17.8 Å². The van der Waals surface area contributed by atoms with E-state index in [0.29, 0.717) is 0 Å². The first-order chi connectivity index (χ1) is 13.8. The molecule has 1 heteroatoms. The fraction of sp³-hybridized carbons (Fsp3) is 0.704. The molecule has 0 saturated heterocycles. The van der Waals surface area contributed by atoms with Gasteiger partial charge in [0.15, 0.2) is 0 Å². The first kappa shape index (κ1) is 21.6. The molecule has 0 aliphatic heterocycles. The monoisotopic (exact) mass is 382 g/mol. The molecule has 1 aromatic carbocycles. The lowest BCUT2D eigenvalue weighted by Crippen LogP contribution is -2.25. The lowest BCUT2D eigenvalue weighted by molar-refractivity contribution is 0.121. The van der Waals surface area contributed by atoms with E-state index < -0.39 is 0 Å². The van der Waals surface area contributed by atoms with Crippen LogP contribution in [0.1, 0.15) is 102 Å². The van der Waals surface area contributed by atoms with Gasteiger partial charge in [0, 0.05) is 6.61 Å². The molecule has 0 radical (unpaired) electrons. The quantitative estimate of drug-likeness (QED) is 0.310. The number of allylic oxidation sites excluding steroid dienone is 2. The normalized spacial score (nSPS) is 28.6. The van der Waals surface area contributed by atoms with Crippen molar-refractivity contribution < 1.29 is 4.74 Å². The molecule has 2 aliphatic rings. The van der Waals surface area contributed by atoms with Crippen molar-refractivity contribution in [3.8, 4) is 0 Å². The molecule has 1 nitrogen and oxygen atoms in total. The lowest BCUT2D eigenvalue weighted by Gasteiger charge is -2.37. The van der Waals surface area contributed by atoms with Crippen LogP contribution in [0.4, 0.5) is 0 Å². The van der Waals surface area contributed by atoms with Gasteiger partial charge >= 0.3 is 0 Å². The minimum atomic E-state index is 0.761. The van der Waals surface area contributed by atoms with Crippen LogP contribution < -0.4 is 0 Å². The maximum atomic E-state index is 5.67. The van der Waals surface area contributed by atoms with Gasteiger partial charge in [-0.25, -0.2) is 0 Å². The molecule has 2 saturated carbocycles. The largest absolute Gasteiger partial charge is 0.377 e. The molecular weight excluding hydrogens is 340 g/mol. The summed E-state index contributed by atoms with van der Waals surface area (Å²) in [5, 5.41) is 0. The van der Waals surface area contributed by atoms with Crippen LogP contribution in [-0.2, 0) is 11.3 Å². The molecule has 0 N–H and O–H groups in total. The molecule has 0 amide bonds. The first-order valence-corrected chi connectivity index (χ1v) is 12.1. The van der Waals surface area contributed by atoms with Gasteiger partial charge in [0.1, 0.15) is 0 Å². The van der Waals surface area contributed by atoms with Gasteiger partial charge < -0.3 is 4.74 Å². The van der Waals surface area contributed by atoms with Gasteiger partial charge in [0.2, 0.25) is 0 Å². The van der Waals surface area contributed by atoms with E-state index in [2.05, 4.69) is 50.3 Å². The van der Waals surface area contributed by atoms with Crippen molar-refractivity contribution in [1.29, 1.82) is 0 Å². The smallest absolute Gasteiger partial charge is 0.0716 e. The third-order valence-corrected chi connectivity index (χ3v) is 7.19. The van der Waals surface area contributed by atoms with Crippen molar-refractivity contribution in [3.05, 3.63) is 47.5 Å². The van der Waals surface area contributed by atoms with Crippen molar-refractivity contribution in [3.63, 3.8) is 0 Å². The summed E-state index contributed by atoms with van der Waals surface area (Å²) in [4.78, 5) is 0. The van der Waals surface area contributed by atoms with Crippen LogP contribution in [0.2, 0.25) is 0 Å². The molecule has 28 heavy (non-hydrogen) atoms. The highest BCUT2D eigenvalue weighted by molar-refractivity contribution is 5.25. The zero-order chi connectivity index (χ0) is 19.6. The predicted molar refractivity (Wildman–Crippen MR) is 121 cm³/mol. The van der Waals surface area contributed by atoms with Gasteiger partial charge in [0.05, 0.1) is 6.61 Å². The molecule has 1 aromatic rings. The molecule has 0 atom stereocenters. The molecule has 2 aliphatic carbocycles. The molecule has 2 fully saturated rings. The molecule has 0 spiro atoms. The average molecular weight is 383 g/mol. The van der Waals surface area contributed by atoms with Crippen molar-refractivity contribution in [2.75, 3.05) is 6.61 Å². The minimum absolute atomic E-state index is 0.761. The topological polar surface area (TPSA) is 9.23 Å². The Morgan fingerprint density at radius 3 is 2.07 bits per heavy atom.